The fourth-order valence-corrected chi connectivity index (χ4v) is 5.68. The minimum Gasteiger partial charge on any atom is -0.353 e. The van der Waals surface area contributed by atoms with E-state index in [0.717, 1.165) is 50.6 Å². The average molecular weight is 416 g/mol. The van der Waals surface area contributed by atoms with E-state index in [-0.39, 0.29) is 11.9 Å². The number of amides is 1. The van der Waals surface area contributed by atoms with Gasteiger partial charge in [0.1, 0.15) is 0 Å². The fraction of sp³-hybridized carbons (Fsp3) is 0.500. The molecule has 1 atom stereocenters. The summed E-state index contributed by atoms with van der Waals surface area (Å²) in [6.07, 6.45) is 9.07. The van der Waals surface area contributed by atoms with Crippen LogP contribution in [-0.2, 0) is 23.5 Å². The first-order valence-electron chi connectivity index (χ1n) is 10.4. The lowest BCUT2D eigenvalue weighted by Crippen LogP contribution is -2.36. The van der Waals surface area contributed by atoms with Gasteiger partial charge in [-0.1, -0.05) is 12.8 Å². The van der Waals surface area contributed by atoms with Gasteiger partial charge in [0.05, 0.1) is 18.0 Å². The van der Waals surface area contributed by atoms with E-state index in [1.54, 1.807) is 12.1 Å². The second-order valence-electron chi connectivity index (χ2n) is 8.19. The highest BCUT2D eigenvalue weighted by Crippen LogP contribution is 2.34. The molecule has 1 amide bonds. The lowest BCUT2D eigenvalue weighted by atomic mass is 9.99. The minimum absolute atomic E-state index is 0.0392. The van der Waals surface area contributed by atoms with Gasteiger partial charge in [0.15, 0.2) is 0 Å². The monoisotopic (exact) mass is 415 g/mol. The molecule has 0 spiro atoms. The Kier molecular flexibility index (Phi) is 5.42. The van der Waals surface area contributed by atoms with Crippen molar-refractivity contribution in [3.63, 3.8) is 0 Å². The van der Waals surface area contributed by atoms with E-state index in [1.807, 2.05) is 30.3 Å². The summed E-state index contributed by atoms with van der Waals surface area (Å²) in [6.45, 7) is 1.25. The van der Waals surface area contributed by atoms with Crippen molar-refractivity contribution in [2.24, 2.45) is 7.05 Å². The number of aromatic nitrogens is 1. The molecular weight excluding hydrogens is 386 g/mol. The fourth-order valence-electron chi connectivity index (χ4n) is 4.69. The predicted octanol–water partition coefficient (Wildman–Crippen LogP) is 3.49. The molecule has 0 saturated carbocycles. The molecule has 3 heterocycles. The van der Waals surface area contributed by atoms with Crippen LogP contribution in [0.2, 0.25) is 0 Å². The van der Waals surface area contributed by atoms with E-state index in [1.165, 1.54) is 16.3 Å². The third kappa shape index (κ3) is 3.92. The van der Waals surface area contributed by atoms with Gasteiger partial charge in [-0.05, 0) is 61.6 Å². The van der Waals surface area contributed by atoms with Crippen molar-refractivity contribution in [3.05, 3.63) is 53.3 Å². The summed E-state index contributed by atoms with van der Waals surface area (Å²) >= 11 is 0. The maximum Gasteiger partial charge on any atom is 0.254 e. The van der Waals surface area contributed by atoms with Gasteiger partial charge in [-0.2, -0.15) is 0 Å². The van der Waals surface area contributed by atoms with Gasteiger partial charge in [-0.3, -0.25) is 9.10 Å². The highest BCUT2D eigenvalue weighted by atomic mass is 32.2. The van der Waals surface area contributed by atoms with E-state index in [2.05, 4.69) is 10.6 Å². The Balaban J connectivity index is 1.67. The second-order valence-corrected chi connectivity index (χ2v) is 10.1. The minimum atomic E-state index is -3.31. The van der Waals surface area contributed by atoms with E-state index < -0.39 is 10.0 Å². The SMILES string of the molecule is Cn1cccc1C1CCCCCN1C(=O)c1ccc2c(c1)CCCN2S(C)(=O)=O. The van der Waals surface area contributed by atoms with Crippen LogP contribution in [0.15, 0.2) is 36.5 Å². The summed E-state index contributed by atoms with van der Waals surface area (Å²) in [5.74, 6) is 0.0392. The van der Waals surface area contributed by atoms with Crippen LogP contribution in [0.25, 0.3) is 0 Å². The Morgan fingerprint density at radius 2 is 1.90 bits per heavy atom. The molecule has 4 rings (SSSR count). The van der Waals surface area contributed by atoms with Crippen LogP contribution in [0.1, 0.15) is 59.8 Å². The molecule has 156 valence electrons. The van der Waals surface area contributed by atoms with Gasteiger partial charge < -0.3 is 9.47 Å². The number of carbonyl (C=O) groups is 1. The highest BCUT2D eigenvalue weighted by Gasteiger charge is 2.30. The third-order valence-electron chi connectivity index (χ3n) is 6.14. The van der Waals surface area contributed by atoms with Crippen LogP contribution in [0.4, 0.5) is 5.69 Å². The standard InChI is InChI=1S/C22H29N3O3S/c1-23-13-7-10-20(23)21-9-4-3-5-14-24(21)22(26)18-11-12-19-17(16-18)8-6-15-25(19)29(2,27)28/h7,10-13,16,21H,3-6,8-9,14-15H2,1-2H3. The largest absolute Gasteiger partial charge is 0.353 e. The quantitative estimate of drug-likeness (QED) is 0.771. The number of aryl methyl sites for hydroxylation is 2. The molecule has 0 radical (unpaired) electrons. The van der Waals surface area contributed by atoms with Crippen molar-refractivity contribution < 1.29 is 13.2 Å². The number of likely N-dealkylation sites (tertiary alicyclic amines) is 1. The molecule has 7 heteroatoms. The molecule has 1 fully saturated rings. The van der Waals surface area contributed by atoms with Gasteiger partial charge in [-0.15, -0.1) is 0 Å². The van der Waals surface area contributed by atoms with Gasteiger partial charge in [0.25, 0.3) is 5.91 Å². The van der Waals surface area contributed by atoms with Crippen LogP contribution in [0.5, 0.6) is 0 Å². The van der Waals surface area contributed by atoms with Crippen molar-refractivity contribution in [1.29, 1.82) is 0 Å². The summed E-state index contributed by atoms with van der Waals surface area (Å²) < 4.78 is 27.8. The highest BCUT2D eigenvalue weighted by molar-refractivity contribution is 7.92. The molecule has 1 aromatic heterocycles. The van der Waals surface area contributed by atoms with Gasteiger partial charge in [-0.25, -0.2) is 8.42 Å². The molecule has 0 aliphatic carbocycles. The van der Waals surface area contributed by atoms with Crippen molar-refractivity contribution in [2.75, 3.05) is 23.7 Å². The zero-order valence-corrected chi connectivity index (χ0v) is 18.0. The van der Waals surface area contributed by atoms with Crippen LogP contribution in [-0.4, -0.2) is 43.1 Å². The van der Waals surface area contributed by atoms with Crippen molar-refractivity contribution in [3.8, 4) is 0 Å². The Labute approximate surface area is 173 Å². The Morgan fingerprint density at radius 1 is 1.07 bits per heavy atom. The van der Waals surface area contributed by atoms with E-state index in [0.29, 0.717) is 17.8 Å². The number of hydrogen-bond donors (Lipinski definition) is 0. The molecule has 29 heavy (non-hydrogen) atoms. The normalized spacial score (nSPS) is 20.3. The van der Waals surface area contributed by atoms with E-state index in [9.17, 15) is 13.2 Å². The molecule has 1 saturated heterocycles. The molecule has 0 N–H and O–H groups in total. The summed E-state index contributed by atoms with van der Waals surface area (Å²) in [7, 11) is -1.28. The second kappa shape index (κ2) is 7.86. The number of rotatable bonds is 3. The molecule has 2 aromatic rings. The maximum atomic E-state index is 13.5. The van der Waals surface area contributed by atoms with Crippen molar-refractivity contribution in [2.45, 2.75) is 44.6 Å². The molecule has 2 aliphatic heterocycles. The summed E-state index contributed by atoms with van der Waals surface area (Å²) in [5.41, 5.74) is 3.48. The summed E-state index contributed by atoms with van der Waals surface area (Å²) in [4.78, 5) is 15.5. The van der Waals surface area contributed by atoms with Crippen molar-refractivity contribution >= 4 is 21.6 Å². The first kappa shape index (κ1) is 20.0. The molecule has 1 aromatic carbocycles. The maximum absolute atomic E-state index is 13.5. The number of fused-ring (bicyclic) bond motifs is 1. The number of nitrogens with zero attached hydrogens (tertiary/aromatic N) is 3. The zero-order chi connectivity index (χ0) is 20.6. The number of carbonyl (C=O) groups excluding carboxylic acids is 1. The molecular formula is C22H29N3O3S. The summed E-state index contributed by atoms with van der Waals surface area (Å²) in [6, 6.07) is 9.71. The lowest BCUT2D eigenvalue weighted by Gasteiger charge is -2.32. The summed E-state index contributed by atoms with van der Waals surface area (Å²) in [5, 5.41) is 0. The smallest absolute Gasteiger partial charge is 0.254 e. The van der Waals surface area contributed by atoms with Gasteiger partial charge in [0.2, 0.25) is 10.0 Å². The van der Waals surface area contributed by atoms with Gasteiger partial charge >= 0.3 is 0 Å². The third-order valence-corrected chi connectivity index (χ3v) is 7.32. The Hall–Kier alpha value is -2.28. The van der Waals surface area contributed by atoms with Crippen molar-refractivity contribution in [1.82, 2.24) is 9.47 Å². The number of anilines is 1. The first-order valence-corrected chi connectivity index (χ1v) is 12.2. The van der Waals surface area contributed by atoms with Crippen LogP contribution < -0.4 is 4.31 Å². The topological polar surface area (TPSA) is 62.6 Å². The number of hydrogen-bond acceptors (Lipinski definition) is 3. The predicted molar refractivity (Wildman–Crippen MR) is 115 cm³/mol. The Bertz CT molecular complexity index is 1010. The molecule has 6 nitrogen and oxygen atoms in total. The van der Waals surface area contributed by atoms with Crippen LogP contribution in [0.3, 0.4) is 0 Å². The molecule has 1 unspecified atom stereocenters. The van der Waals surface area contributed by atoms with E-state index >= 15 is 0 Å². The van der Waals surface area contributed by atoms with Crippen LogP contribution in [0, 0.1) is 0 Å². The molecule has 2 aliphatic rings. The first-order chi connectivity index (χ1) is 13.9. The van der Waals surface area contributed by atoms with E-state index in [4.69, 9.17) is 0 Å². The Morgan fingerprint density at radius 3 is 2.62 bits per heavy atom. The van der Waals surface area contributed by atoms with Gasteiger partial charge in [0, 0.05) is 37.6 Å². The molecule has 0 bridgehead atoms. The number of sulfonamides is 1. The average Bonchev–Trinajstić information content (AvgIpc) is 2.97. The lowest BCUT2D eigenvalue weighted by molar-refractivity contribution is 0.0674. The number of benzene rings is 1. The van der Waals surface area contributed by atoms with Crippen LogP contribution >= 0.6 is 0 Å². The zero-order valence-electron chi connectivity index (χ0n) is 17.2.